The molecule has 0 radical (unpaired) electrons. The second kappa shape index (κ2) is 5.44. The van der Waals surface area contributed by atoms with E-state index in [1.54, 1.807) is 0 Å². The number of amides is 1. The molecule has 0 spiro atoms. The summed E-state index contributed by atoms with van der Waals surface area (Å²) in [6.45, 7) is 2.65. The molecule has 1 amide bonds. The van der Waals surface area contributed by atoms with Gasteiger partial charge in [-0.25, -0.2) is 0 Å². The molecule has 0 heterocycles. The molecule has 4 heteroatoms. The molecule has 4 nitrogen and oxygen atoms in total. The Bertz CT molecular complexity index is 515. The van der Waals surface area contributed by atoms with Crippen molar-refractivity contribution in [2.75, 3.05) is 12.3 Å². The van der Waals surface area contributed by atoms with Crippen LogP contribution < -0.4 is 11.1 Å². The summed E-state index contributed by atoms with van der Waals surface area (Å²) in [7, 11) is 0. The lowest BCUT2D eigenvalue weighted by atomic mass is 9.87. The molecule has 3 atom stereocenters. The Morgan fingerprint density at radius 1 is 1.50 bits per heavy atom. The van der Waals surface area contributed by atoms with E-state index in [1.807, 2.05) is 19.1 Å². The molecule has 2 aliphatic carbocycles. The van der Waals surface area contributed by atoms with Crippen molar-refractivity contribution >= 4 is 11.6 Å². The van der Waals surface area contributed by atoms with Crippen molar-refractivity contribution in [2.45, 2.75) is 44.8 Å². The van der Waals surface area contributed by atoms with E-state index in [2.05, 4.69) is 11.4 Å². The summed E-state index contributed by atoms with van der Waals surface area (Å²) < 4.78 is 5.48. The van der Waals surface area contributed by atoms with Gasteiger partial charge >= 0.3 is 0 Å². The summed E-state index contributed by atoms with van der Waals surface area (Å²) >= 11 is 0. The zero-order valence-corrected chi connectivity index (χ0v) is 11.9. The zero-order valence-electron chi connectivity index (χ0n) is 11.9. The highest BCUT2D eigenvalue weighted by Gasteiger charge is 2.44. The molecule has 2 aliphatic rings. The van der Waals surface area contributed by atoms with Gasteiger partial charge < -0.3 is 15.8 Å². The quantitative estimate of drug-likeness (QED) is 0.827. The molecular weight excluding hydrogens is 252 g/mol. The van der Waals surface area contributed by atoms with Crippen LogP contribution >= 0.6 is 0 Å². The van der Waals surface area contributed by atoms with Gasteiger partial charge in [-0.05, 0) is 55.9 Å². The summed E-state index contributed by atoms with van der Waals surface area (Å²) in [5, 5.41) is 3.19. The molecule has 1 fully saturated rings. The number of aryl methyl sites for hydroxylation is 1. The molecular formula is C16H22N2O2. The Kier molecular flexibility index (Phi) is 3.66. The van der Waals surface area contributed by atoms with Crippen LogP contribution in [-0.4, -0.2) is 18.6 Å². The number of benzene rings is 1. The first-order chi connectivity index (χ1) is 9.69. The highest BCUT2D eigenvalue weighted by Crippen LogP contribution is 2.36. The van der Waals surface area contributed by atoms with Gasteiger partial charge in [-0.3, -0.25) is 4.79 Å². The van der Waals surface area contributed by atoms with E-state index in [0.29, 0.717) is 6.61 Å². The van der Waals surface area contributed by atoms with Crippen LogP contribution in [0, 0.1) is 5.92 Å². The van der Waals surface area contributed by atoms with Gasteiger partial charge in [-0.15, -0.1) is 0 Å². The molecule has 1 aromatic carbocycles. The second-order valence-electron chi connectivity index (χ2n) is 5.75. The summed E-state index contributed by atoms with van der Waals surface area (Å²) in [4.78, 5) is 12.2. The average Bonchev–Trinajstić information content (AvgIpc) is 3.18. The first-order valence-corrected chi connectivity index (χ1v) is 7.49. The maximum absolute atomic E-state index is 12.2. The third kappa shape index (κ3) is 2.66. The van der Waals surface area contributed by atoms with Crippen LogP contribution in [0.5, 0.6) is 0 Å². The smallest absolute Gasteiger partial charge is 0.226 e. The van der Waals surface area contributed by atoms with Crippen LogP contribution in [-0.2, 0) is 16.0 Å². The molecule has 20 heavy (non-hydrogen) atoms. The van der Waals surface area contributed by atoms with Crippen LogP contribution in [0.2, 0.25) is 0 Å². The van der Waals surface area contributed by atoms with Crippen LogP contribution in [0.15, 0.2) is 18.2 Å². The maximum atomic E-state index is 12.2. The van der Waals surface area contributed by atoms with Crippen molar-refractivity contribution in [3.8, 4) is 0 Å². The summed E-state index contributed by atoms with van der Waals surface area (Å²) in [5.74, 6) is 0.187. The van der Waals surface area contributed by atoms with Gasteiger partial charge in [-0.1, -0.05) is 6.07 Å². The molecule has 0 bridgehead atoms. The van der Waals surface area contributed by atoms with Crippen LogP contribution in [0.1, 0.15) is 43.4 Å². The van der Waals surface area contributed by atoms with Crippen molar-refractivity contribution in [1.82, 2.24) is 5.32 Å². The normalized spacial score (nSPS) is 27.8. The Morgan fingerprint density at radius 3 is 3.15 bits per heavy atom. The minimum atomic E-state index is 0.0501. The predicted octanol–water partition coefficient (Wildman–Crippen LogP) is 2.19. The van der Waals surface area contributed by atoms with E-state index in [-0.39, 0.29) is 24.0 Å². The fourth-order valence-electron chi connectivity index (χ4n) is 3.11. The summed E-state index contributed by atoms with van der Waals surface area (Å²) in [6, 6.07) is 6.15. The Labute approximate surface area is 119 Å². The van der Waals surface area contributed by atoms with Crippen molar-refractivity contribution in [2.24, 2.45) is 5.92 Å². The number of carbonyl (C=O) groups is 1. The minimum absolute atomic E-state index is 0.0501. The van der Waals surface area contributed by atoms with Crippen molar-refractivity contribution in [1.29, 1.82) is 0 Å². The molecule has 1 saturated carbocycles. The number of nitrogen functional groups attached to an aromatic ring is 1. The SMILES string of the molecule is CCOC1CC1C(=O)NC1CCCc2cc(N)ccc21. The second-order valence-corrected chi connectivity index (χ2v) is 5.75. The number of nitrogens with one attached hydrogen (secondary N) is 1. The predicted molar refractivity (Wildman–Crippen MR) is 78.2 cm³/mol. The van der Waals surface area contributed by atoms with Crippen molar-refractivity contribution < 1.29 is 9.53 Å². The fraction of sp³-hybridized carbons (Fsp3) is 0.562. The molecule has 108 valence electrons. The molecule has 3 rings (SSSR count). The first-order valence-electron chi connectivity index (χ1n) is 7.49. The van der Waals surface area contributed by atoms with Crippen LogP contribution in [0.25, 0.3) is 0 Å². The number of anilines is 1. The Morgan fingerprint density at radius 2 is 2.35 bits per heavy atom. The number of ether oxygens (including phenoxy) is 1. The number of rotatable bonds is 4. The monoisotopic (exact) mass is 274 g/mol. The van der Waals surface area contributed by atoms with E-state index < -0.39 is 0 Å². The minimum Gasteiger partial charge on any atom is -0.399 e. The van der Waals surface area contributed by atoms with E-state index in [4.69, 9.17) is 10.5 Å². The molecule has 3 unspecified atom stereocenters. The van der Waals surface area contributed by atoms with Gasteiger partial charge in [-0.2, -0.15) is 0 Å². The van der Waals surface area contributed by atoms with Gasteiger partial charge in [0.1, 0.15) is 0 Å². The van der Waals surface area contributed by atoms with Crippen molar-refractivity contribution in [3.05, 3.63) is 29.3 Å². The number of fused-ring (bicyclic) bond motifs is 1. The molecule has 0 aliphatic heterocycles. The number of hydrogen-bond donors (Lipinski definition) is 2. The first kappa shape index (κ1) is 13.4. The molecule has 1 aromatic rings. The van der Waals surface area contributed by atoms with E-state index in [9.17, 15) is 4.79 Å². The summed E-state index contributed by atoms with van der Waals surface area (Å²) in [6.07, 6.45) is 4.16. The summed E-state index contributed by atoms with van der Waals surface area (Å²) in [5.41, 5.74) is 9.14. The van der Waals surface area contributed by atoms with Gasteiger partial charge in [0.15, 0.2) is 0 Å². The number of carbonyl (C=O) groups excluding carboxylic acids is 1. The van der Waals surface area contributed by atoms with E-state index >= 15 is 0 Å². The van der Waals surface area contributed by atoms with Crippen LogP contribution in [0.4, 0.5) is 5.69 Å². The Balaban J connectivity index is 1.66. The third-order valence-electron chi connectivity index (χ3n) is 4.25. The highest BCUT2D eigenvalue weighted by molar-refractivity contribution is 5.82. The highest BCUT2D eigenvalue weighted by atomic mass is 16.5. The van der Waals surface area contributed by atoms with Gasteiger partial charge in [0.05, 0.1) is 18.1 Å². The lowest BCUT2D eigenvalue weighted by Gasteiger charge is -2.26. The van der Waals surface area contributed by atoms with Gasteiger partial charge in [0, 0.05) is 12.3 Å². The van der Waals surface area contributed by atoms with Crippen LogP contribution in [0.3, 0.4) is 0 Å². The number of nitrogens with two attached hydrogens (primary N) is 1. The van der Waals surface area contributed by atoms with E-state index in [1.165, 1.54) is 11.1 Å². The topological polar surface area (TPSA) is 64.3 Å². The maximum Gasteiger partial charge on any atom is 0.226 e. The number of hydrogen-bond acceptors (Lipinski definition) is 3. The standard InChI is InChI=1S/C16H22N2O2/c1-2-20-15-9-13(15)16(19)18-14-5-3-4-10-8-11(17)6-7-12(10)14/h6-8,13-15H,2-5,9,17H2,1H3,(H,18,19). The molecule has 0 saturated heterocycles. The average molecular weight is 274 g/mol. The van der Waals surface area contributed by atoms with E-state index in [0.717, 1.165) is 31.4 Å². The van der Waals surface area contributed by atoms with Gasteiger partial charge in [0.2, 0.25) is 5.91 Å². The van der Waals surface area contributed by atoms with Crippen molar-refractivity contribution in [3.63, 3.8) is 0 Å². The fourth-order valence-corrected chi connectivity index (χ4v) is 3.11. The Hall–Kier alpha value is -1.55. The molecule has 3 N–H and O–H groups in total. The van der Waals surface area contributed by atoms with Gasteiger partial charge in [0.25, 0.3) is 0 Å². The molecule has 0 aromatic heterocycles. The third-order valence-corrected chi connectivity index (χ3v) is 4.25. The largest absolute Gasteiger partial charge is 0.399 e. The lowest BCUT2D eigenvalue weighted by Crippen LogP contribution is -2.33. The lowest BCUT2D eigenvalue weighted by molar-refractivity contribution is -0.124. The zero-order chi connectivity index (χ0) is 14.1.